The van der Waals surface area contributed by atoms with Crippen LogP contribution in [0.15, 0.2) is 60.4 Å². The zero-order valence-corrected chi connectivity index (χ0v) is 17.3. The Kier molecular flexibility index (Phi) is 7.66. The fourth-order valence-electron chi connectivity index (χ4n) is 3.74. The van der Waals surface area contributed by atoms with Crippen molar-refractivity contribution in [2.75, 3.05) is 13.2 Å². The number of benzene rings is 2. The van der Waals surface area contributed by atoms with Gasteiger partial charge in [-0.15, -0.1) is 0 Å². The molecule has 0 unspecified atom stereocenters. The fraction of sp³-hybridized carbons (Fsp3) is 0.333. The quantitative estimate of drug-likeness (QED) is 0.440. The minimum Gasteiger partial charge on any atom is -0.489 e. The lowest BCUT2D eigenvalue weighted by Gasteiger charge is -2.25. The van der Waals surface area contributed by atoms with Crippen LogP contribution in [0.5, 0.6) is 5.75 Å². The van der Waals surface area contributed by atoms with Crippen LogP contribution >= 0.6 is 0 Å². The number of hydrogen-bond acceptors (Lipinski definition) is 3. The number of nitrogens with one attached hydrogen (secondary N) is 1. The van der Waals surface area contributed by atoms with Crippen molar-refractivity contribution in [1.82, 2.24) is 5.32 Å². The van der Waals surface area contributed by atoms with Crippen LogP contribution in [0.3, 0.4) is 0 Å². The molecule has 8 heteroatoms. The normalized spacial score (nSPS) is 16.2. The SMILES string of the molecule is O=C(C[C@H]1CCCc2ccccc21)c1ccc(OC/C(=C\F)CNC(=O)C(F)(F)F)cc1. The van der Waals surface area contributed by atoms with Crippen molar-refractivity contribution in [2.45, 2.75) is 37.8 Å². The summed E-state index contributed by atoms with van der Waals surface area (Å²) in [5, 5.41) is 1.58. The topological polar surface area (TPSA) is 55.4 Å². The lowest BCUT2D eigenvalue weighted by molar-refractivity contribution is -0.173. The van der Waals surface area contributed by atoms with Gasteiger partial charge in [0.25, 0.3) is 0 Å². The summed E-state index contributed by atoms with van der Waals surface area (Å²) in [5.41, 5.74) is 2.89. The number of amides is 1. The van der Waals surface area contributed by atoms with E-state index in [1.54, 1.807) is 29.6 Å². The first-order valence-electron chi connectivity index (χ1n) is 10.2. The van der Waals surface area contributed by atoms with E-state index in [-0.39, 0.29) is 30.2 Å². The summed E-state index contributed by atoms with van der Waals surface area (Å²) >= 11 is 0. The molecule has 4 nitrogen and oxygen atoms in total. The van der Waals surface area contributed by atoms with Crippen LogP contribution in [0, 0.1) is 0 Å². The summed E-state index contributed by atoms with van der Waals surface area (Å²) in [6.45, 7) is -0.977. The predicted molar refractivity (Wildman–Crippen MR) is 111 cm³/mol. The minimum absolute atomic E-state index is 0.0115. The molecular formula is C24H23F4NO3. The van der Waals surface area contributed by atoms with E-state index >= 15 is 0 Å². The number of ketones is 1. The number of carbonyl (C=O) groups is 2. The number of alkyl halides is 3. The molecule has 170 valence electrons. The molecule has 0 aromatic heterocycles. The molecule has 0 heterocycles. The summed E-state index contributed by atoms with van der Waals surface area (Å²) in [6.07, 6.45) is -1.49. The molecule has 0 saturated carbocycles. The van der Waals surface area contributed by atoms with Crippen molar-refractivity contribution in [3.05, 3.63) is 77.1 Å². The first kappa shape index (κ1) is 23.5. The fourth-order valence-corrected chi connectivity index (χ4v) is 3.74. The highest BCUT2D eigenvalue weighted by molar-refractivity contribution is 5.96. The average molecular weight is 449 g/mol. The lowest BCUT2D eigenvalue weighted by Crippen LogP contribution is -2.38. The van der Waals surface area contributed by atoms with Crippen molar-refractivity contribution < 1.29 is 31.9 Å². The molecule has 0 fully saturated rings. The second kappa shape index (κ2) is 10.4. The number of fused-ring (bicyclic) bond motifs is 1. The van der Waals surface area contributed by atoms with Gasteiger partial charge < -0.3 is 10.1 Å². The molecular weight excluding hydrogens is 426 g/mol. The van der Waals surface area contributed by atoms with Crippen LogP contribution in [-0.2, 0) is 11.2 Å². The van der Waals surface area contributed by atoms with Crippen molar-refractivity contribution >= 4 is 11.7 Å². The molecule has 32 heavy (non-hydrogen) atoms. The molecule has 0 saturated heterocycles. The molecule has 0 radical (unpaired) electrons. The highest BCUT2D eigenvalue weighted by Gasteiger charge is 2.38. The van der Waals surface area contributed by atoms with Gasteiger partial charge in [-0.3, -0.25) is 9.59 Å². The largest absolute Gasteiger partial charge is 0.489 e. The molecule has 2 aromatic carbocycles. The molecule has 3 rings (SSSR count). The number of aryl methyl sites for hydroxylation is 1. The molecule has 1 atom stereocenters. The van der Waals surface area contributed by atoms with Gasteiger partial charge in [-0.1, -0.05) is 24.3 Å². The van der Waals surface area contributed by atoms with Crippen LogP contribution < -0.4 is 10.1 Å². The van der Waals surface area contributed by atoms with Crippen molar-refractivity contribution in [3.8, 4) is 5.75 Å². The van der Waals surface area contributed by atoms with Gasteiger partial charge in [0.05, 0.1) is 6.33 Å². The van der Waals surface area contributed by atoms with Gasteiger partial charge >= 0.3 is 12.1 Å². The zero-order chi connectivity index (χ0) is 23.1. The van der Waals surface area contributed by atoms with E-state index < -0.39 is 18.6 Å². The Labute approximate surface area is 183 Å². The van der Waals surface area contributed by atoms with E-state index in [9.17, 15) is 27.2 Å². The highest BCUT2D eigenvalue weighted by Crippen LogP contribution is 2.34. The van der Waals surface area contributed by atoms with Gasteiger partial charge in [0.2, 0.25) is 0 Å². The Bertz CT molecular complexity index is 983. The molecule has 1 N–H and O–H groups in total. The molecule has 1 amide bonds. The van der Waals surface area contributed by atoms with Crippen LogP contribution in [0.25, 0.3) is 0 Å². The van der Waals surface area contributed by atoms with Gasteiger partial charge in [-0.2, -0.15) is 13.2 Å². The number of carbonyl (C=O) groups excluding carboxylic acids is 2. The number of halogens is 4. The second-order valence-electron chi connectivity index (χ2n) is 7.68. The third-order valence-corrected chi connectivity index (χ3v) is 5.41. The summed E-state index contributed by atoms with van der Waals surface area (Å²) in [4.78, 5) is 23.6. The summed E-state index contributed by atoms with van der Waals surface area (Å²) in [7, 11) is 0. The Balaban J connectivity index is 1.53. The van der Waals surface area contributed by atoms with Crippen LogP contribution in [0.1, 0.15) is 46.7 Å². The zero-order valence-electron chi connectivity index (χ0n) is 17.3. The van der Waals surface area contributed by atoms with Gasteiger partial charge in [-0.05, 0) is 60.6 Å². The monoisotopic (exact) mass is 449 g/mol. The third-order valence-electron chi connectivity index (χ3n) is 5.41. The summed E-state index contributed by atoms with van der Waals surface area (Å²) in [5.74, 6) is -1.63. The smallest absolute Gasteiger partial charge is 0.471 e. The van der Waals surface area contributed by atoms with Crippen molar-refractivity contribution in [1.29, 1.82) is 0 Å². The maximum atomic E-state index is 12.9. The van der Waals surface area contributed by atoms with Crippen LogP contribution in [0.2, 0.25) is 0 Å². The van der Waals surface area contributed by atoms with Crippen LogP contribution in [0.4, 0.5) is 17.6 Å². The number of hydrogen-bond donors (Lipinski definition) is 1. The van der Waals surface area contributed by atoms with Crippen LogP contribution in [-0.4, -0.2) is 31.0 Å². The maximum absolute atomic E-state index is 12.9. The van der Waals surface area contributed by atoms with E-state index in [0.29, 0.717) is 17.7 Å². The third kappa shape index (κ3) is 6.18. The van der Waals surface area contributed by atoms with Gasteiger partial charge in [-0.25, -0.2) is 4.39 Å². The Morgan fingerprint density at radius 1 is 1.09 bits per heavy atom. The molecule has 1 aliphatic rings. The average Bonchev–Trinajstić information content (AvgIpc) is 2.79. The molecule has 0 aliphatic heterocycles. The summed E-state index contributed by atoms with van der Waals surface area (Å²) in [6, 6.07) is 14.5. The second-order valence-corrected chi connectivity index (χ2v) is 7.68. The van der Waals surface area contributed by atoms with Gasteiger partial charge in [0.1, 0.15) is 12.4 Å². The standard InChI is InChI=1S/C24H23F4NO3/c25-13-16(14-29-23(31)24(26,27)28)15-32-20-10-8-18(9-11-20)22(30)12-19-6-3-5-17-4-1-2-7-21(17)19/h1-2,4,7-11,13,19H,3,5-6,12,14-15H2,(H,29,31)/b16-13-/t19-/m1/s1. The van der Waals surface area contributed by atoms with E-state index in [0.717, 1.165) is 19.3 Å². The molecule has 1 aliphatic carbocycles. The van der Waals surface area contributed by atoms with Gasteiger partial charge in [0, 0.05) is 24.1 Å². The molecule has 2 aromatic rings. The van der Waals surface area contributed by atoms with Crippen molar-refractivity contribution in [2.24, 2.45) is 0 Å². The minimum atomic E-state index is -5.04. The van der Waals surface area contributed by atoms with E-state index in [4.69, 9.17) is 4.74 Å². The first-order chi connectivity index (χ1) is 15.3. The Morgan fingerprint density at radius 2 is 1.81 bits per heavy atom. The molecule has 0 bridgehead atoms. The number of Topliss-reactive ketones (excluding diaryl/α,β-unsaturated/α-hetero) is 1. The van der Waals surface area contributed by atoms with E-state index in [2.05, 4.69) is 12.1 Å². The summed E-state index contributed by atoms with van der Waals surface area (Å²) < 4.78 is 54.8. The van der Waals surface area contributed by atoms with Gasteiger partial charge in [0.15, 0.2) is 5.78 Å². The maximum Gasteiger partial charge on any atom is 0.471 e. The Hall–Kier alpha value is -3.16. The number of ether oxygens (including phenoxy) is 1. The van der Waals surface area contributed by atoms with E-state index in [1.165, 1.54) is 11.1 Å². The Morgan fingerprint density at radius 3 is 2.50 bits per heavy atom. The number of rotatable bonds is 8. The predicted octanol–water partition coefficient (Wildman–Crippen LogP) is 5.29. The van der Waals surface area contributed by atoms with E-state index in [1.807, 2.05) is 12.1 Å². The van der Waals surface area contributed by atoms with Crippen molar-refractivity contribution in [3.63, 3.8) is 0 Å². The first-order valence-corrected chi connectivity index (χ1v) is 10.2. The molecule has 0 spiro atoms. The lowest BCUT2D eigenvalue weighted by atomic mass is 9.79. The highest BCUT2D eigenvalue weighted by atomic mass is 19.4.